The van der Waals surface area contributed by atoms with Gasteiger partial charge in [-0.2, -0.15) is 0 Å². The molecule has 0 spiro atoms. The van der Waals surface area contributed by atoms with E-state index in [1.807, 2.05) is 13.8 Å². The summed E-state index contributed by atoms with van der Waals surface area (Å²) in [6.07, 6.45) is 0. The van der Waals surface area contributed by atoms with Crippen LogP contribution in [0.4, 0.5) is 4.39 Å². The number of Topliss-reactive ketones (excluding diaryl/α,β-unsaturated/α-hetero) is 1. The summed E-state index contributed by atoms with van der Waals surface area (Å²) in [6.45, 7) is 5.26. The van der Waals surface area contributed by atoms with Crippen molar-refractivity contribution in [2.24, 2.45) is 0 Å². The lowest BCUT2D eigenvalue weighted by atomic mass is 9.99. The van der Waals surface area contributed by atoms with Crippen molar-refractivity contribution in [2.75, 3.05) is 0 Å². The van der Waals surface area contributed by atoms with Gasteiger partial charge in [0.1, 0.15) is 0 Å². The highest BCUT2D eigenvalue weighted by Crippen LogP contribution is 2.25. The van der Waals surface area contributed by atoms with Crippen LogP contribution in [-0.2, 0) is 0 Å². The summed E-state index contributed by atoms with van der Waals surface area (Å²) < 4.78 is 13.3. The van der Waals surface area contributed by atoms with E-state index in [4.69, 9.17) is 11.6 Å². The Hall–Kier alpha value is -0.890. The summed E-state index contributed by atoms with van der Waals surface area (Å²) in [7, 11) is 0. The molecule has 1 rings (SSSR count). The lowest BCUT2D eigenvalue weighted by Crippen LogP contribution is -2.00. The van der Waals surface area contributed by atoms with Gasteiger partial charge in [-0.15, -0.1) is 0 Å². The first-order valence-electron chi connectivity index (χ1n) is 4.43. The number of carbonyl (C=O) groups excluding carboxylic acids is 1. The Morgan fingerprint density at radius 2 is 2.00 bits per heavy atom. The van der Waals surface area contributed by atoms with Crippen LogP contribution in [0.2, 0.25) is 5.02 Å². The zero-order valence-electron chi connectivity index (χ0n) is 8.40. The second kappa shape index (κ2) is 4.09. The fraction of sp³-hybridized carbons (Fsp3) is 0.364. The average molecular weight is 215 g/mol. The van der Waals surface area contributed by atoms with Crippen LogP contribution < -0.4 is 0 Å². The van der Waals surface area contributed by atoms with Gasteiger partial charge in [-0.3, -0.25) is 4.79 Å². The lowest BCUT2D eigenvalue weighted by molar-refractivity contribution is 0.101. The highest BCUT2D eigenvalue weighted by atomic mass is 35.5. The Labute approximate surface area is 87.9 Å². The van der Waals surface area contributed by atoms with Crippen LogP contribution in [-0.4, -0.2) is 5.78 Å². The first-order valence-corrected chi connectivity index (χ1v) is 4.81. The zero-order chi connectivity index (χ0) is 10.9. The van der Waals surface area contributed by atoms with Crippen LogP contribution in [0.5, 0.6) is 0 Å². The summed E-state index contributed by atoms with van der Waals surface area (Å²) in [5, 5.41) is 0.0152. The van der Waals surface area contributed by atoms with E-state index in [-0.39, 0.29) is 22.3 Å². The Bertz CT molecular complexity index is 372. The van der Waals surface area contributed by atoms with Gasteiger partial charge in [-0.05, 0) is 30.5 Å². The van der Waals surface area contributed by atoms with Crippen LogP contribution in [0.1, 0.15) is 42.6 Å². The molecule has 0 atom stereocenters. The molecule has 0 N–H and O–H groups in total. The molecule has 0 aliphatic heterocycles. The molecule has 0 aliphatic rings. The summed E-state index contributed by atoms with van der Waals surface area (Å²) in [4.78, 5) is 11.1. The van der Waals surface area contributed by atoms with Gasteiger partial charge in [-0.25, -0.2) is 4.39 Å². The van der Waals surface area contributed by atoms with E-state index < -0.39 is 5.82 Å². The van der Waals surface area contributed by atoms with Gasteiger partial charge < -0.3 is 0 Å². The molecular formula is C11H12ClFO. The van der Waals surface area contributed by atoms with Crippen molar-refractivity contribution in [1.29, 1.82) is 0 Å². The zero-order valence-corrected chi connectivity index (χ0v) is 9.15. The molecule has 0 saturated heterocycles. The minimum Gasteiger partial charge on any atom is -0.294 e. The minimum absolute atomic E-state index is 0.0152. The number of hydrogen-bond acceptors (Lipinski definition) is 1. The maximum absolute atomic E-state index is 13.3. The highest BCUT2D eigenvalue weighted by Gasteiger charge is 2.13. The number of rotatable bonds is 2. The minimum atomic E-state index is -0.622. The molecule has 0 aromatic heterocycles. The Morgan fingerprint density at radius 3 is 2.43 bits per heavy atom. The summed E-state index contributed by atoms with van der Waals surface area (Å²) >= 11 is 5.68. The second-order valence-electron chi connectivity index (χ2n) is 3.58. The van der Waals surface area contributed by atoms with Crippen LogP contribution >= 0.6 is 11.6 Å². The van der Waals surface area contributed by atoms with E-state index in [1.165, 1.54) is 6.92 Å². The maximum Gasteiger partial charge on any atom is 0.162 e. The van der Waals surface area contributed by atoms with Crippen molar-refractivity contribution in [3.8, 4) is 0 Å². The third kappa shape index (κ3) is 2.13. The molecular weight excluding hydrogens is 203 g/mol. The van der Waals surface area contributed by atoms with Gasteiger partial charge in [-0.1, -0.05) is 25.4 Å². The van der Waals surface area contributed by atoms with Crippen molar-refractivity contribution in [1.82, 2.24) is 0 Å². The molecule has 3 heteroatoms. The molecule has 1 aromatic carbocycles. The molecule has 0 fully saturated rings. The fourth-order valence-corrected chi connectivity index (χ4v) is 1.43. The average Bonchev–Trinajstić information content (AvgIpc) is 2.08. The Morgan fingerprint density at radius 1 is 1.43 bits per heavy atom. The van der Waals surface area contributed by atoms with Crippen LogP contribution in [0, 0.1) is 5.82 Å². The predicted molar refractivity (Wildman–Crippen MR) is 55.5 cm³/mol. The first-order chi connectivity index (χ1) is 6.43. The monoisotopic (exact) mass is 214 g/mol. The SMILES string of the molecule is CC(=O)c1cc(C(C)C)cc(Cl)c1F. The van der Waals surface area contributed by atoms with Crippen LogP contribution in [0.25, 0.3) is 0 Å². The third-order valence-corrected chi connectivity index (χ3v) is 2.37. The van der Waals surface area contributed by atoms with E-state index in [0.717, 1.165) is 5.56 Å². The molecule has 0 heterocycles. The second-order valence-corrected chi connectivity index (χ2v) is 3.98. The summed E-state index contributed by atoms with van der Waals surface area (Å²) in [5.41, 5.74) is 0.947. The first kappa shape index (κ1) is 11.2. The molecule has 1 aromatic rings. The molecule has 14 heavy (non-hydrogen) atoms. The van der Waals surface area contributed by atoms with E-state index in [1.54, 1.807) is 12.1 Å². The van der Waals surface area contributed by atoms with Gasteiger partial charge in [0, 0.05) is 0 Å². The molecule has 0 radical (unpaired) electrons. The van der Waals surface area contributed by atoms with Gasteiger partial charge in [0.2, 0.25) is 0 Å². The van der Waals surface area contributed by atoms with Crippen LogP contribution in [0.15, 0.2) is 12.1 Å². The number of hydrogen-bond donors (Lipinski definition) is 0. The van der Waals surface area contributed by atoms with Crippen molar-refractivity contribution in [3.05, 3.63) is 34.1 Å². The smallest absolute Gasteiger partial charge is 0.162 e. The Balaban J connectivity index is 3.35. The van der Waals surface area contributed by atoms with E-state index in [9.17, 15) is 9.18 Å². The highest BCUT2D eigenvalue weighted by molar-refractivity contribution is 6.31. The standard InChI is InChI=1S/C11H12ClFO/c1-6(2)8-4-9(7(3)14)11(13)10(12)5-8/h4-6H,1-3H3. The largest absolute Gasteiger partial charge is 0.294 e. The van der Waals surface area contributed by atoms with Gasteiger partial charge in [0.05, 0.1) is 10.6 Å². The molecule has 1 nitrogen and oxygen atoms in total. The van der Waals surface area contributed by atoms with Crippen molar-refractivity contribution >= 4 is 17.4 Å². The molecule has 76 valence electrons. The molecule has 0 amide bonds. The lowest BCUT2D eigenvalue weighted by Gasteiger charge is -2.09. The fourth-order valence-electron chi connectivity index (χ4n) is 1.20. The van der Waals surface area contributed by atoms with E-state index >= 15 is 0 Å². The summed E-state index contributed by atoms with van der Waals surface area (Å²) in [5.74, 6) is -0.693. The third-order valence-electron chi connectivity index (χ3n) is 2.10. The number of carbonyl (C=O) groups is 1. The number of halogens is 2. The molecule has 0 bridgehead atoms. The van der Waals surface area contributed by atoms with Gasteiger partial charge in [0.15, 0.2) is 11.6 Å². The predicted octanol–water partition coefficient (Wildman–Crippen LogP) is 3.81. The Kier molecular flexibility index (Phi) is 3.27. The van der Waals surface area contributed by atoms with Gasteiger partial charge in [0.25, 0.3) is 0 Å². The van der Waals surface area contributed by atoms with Crippen molar-refractivity contribution in [2.45, 2.75) is 26.7 Å². The molecule has 0 aliphatic carbocycles. The molecule has 0 unspecified atom stereocenters. The van der Waals surface area contributed by atoms with Crippen molar-refractivity contribution in [3.63, 3.8) is 0 Å². The van der Waals surface area contributed by atoms with E-state index in [2.05, 4.69) is 0 Å². The quantitative estimate of drug-likeness (QED) is 0.685. The number of ketones is 1. The van der Waals surface area contributed by atoms with Crippen LogP contribution in [0.3, 0.4) is 0 Å². The number of benzene rings is 1. The topological polar surface area (TPSA) is 17.1 Å². The van der Waals surface area contributed by atoms with E-state index in [0.29, 0.717) is 0 Å². The maximum atomic E-state index is 13.3. The molecule has 0 saturated carbocycles. The normalized spacial score (nSPS) is 10.7. The van der Waals surface area contributed by atoms with Crippen molar-refractivity contribution < 1.29 is 9.18 Å². The van der Waals surface area contributed by atoms with Gasteiger partial charge >= 0.3 is 0 Å². The summed E-state index contributed by atoms with van der Waals surface area (Å²) in [6, 6.07) is 3.13.